The topological polar surface area (TPSA) is 47.8 Å². The third kappa shape index (κ3) is 3.21. The number of rotatable bonds is 3. The zero-order valence-corrected chi connectivity index (χ0v) is 15.3. The van der Waals surface area contributed by atoms with Crippen LogP contribution in [0.5, 0.6) is 0 Å². The molecule has 4 aromatic rings. The van der Waals surface area contributed by atoms with Gasteiger partial charge in [-0.25, -0.2) is 4.98 Å². The van der Waals surface area contributed by atoms with Crippen molar-refractivity contribution in [2.75, 3.05) is 0 Å². The molecule has 2 aromatic carbocycles. The van der Waals surface area contributed by atoms with Gasteiger partial charge in [-0.3, -0.25) is 14.3 Å². The molecule has 0 aliphatic carbocycles. The molecule has 0 saturated carbocycles. The minimum absolute atomic E-state index is 0.0985. The molecular weight excluding hydrogens is 390 g/mol. The Labute approximate surface area is 158 Å². The van der Waals surface area contributed by atoms with E-state index in [1.54, 1.807) is 16.8 Å². The average Bonchev–Trinajstić information content (AvgIpc) is 2.68. The number of aromatic nitrogens is 3. The molecule has 0 fully saturated rings. The van der Waals surface area contributed by atoms with Crippen LogP contribution in [-0.2, 0) is 0 Å². The molecule has 0 aliphatic heterocycles. The third-order valence-corrected chi connectivity index (χ3v) is 4.51. The summed E-state index contributed by atoms with van der Waals surface area (Å²) in [5, 5.41) is 0.588. The van der Waals surface area contributed by atoms with Gasteiger partial charge in [0.05, 0.1) is 22.3 Å². The lowest BCUT2D eigenvalue weighted by molar-refractivity contribution is 0.943. The van der Waals surface area contributed by atoms with Gasteiger partial charge >= 0.3 is 0 Å². The quantitative estimate of drug-likeness (QED) is 0.497. The SMILES string of the molecule is O=c1c2ccccc2nc(/C=C/c2ccccn2)n1-c1ccc(Br)cc1. The minimum Gasteiger partial charge on any atom is -0.268 e. The molecule has 2 heterocycles. The third-order valence-electron chi connectivity index (χ3n) is 3.98. The Kier molecular flexibility index (Phi) is 4.46. The first-order valence-electron chi connectivity index (χ1n) is 8.09. The molecule has 0 unspecified atom stereocenters. The Bertz CT molecular complexity index is 1150. The van der Waals surface area contributed by atoms with Crippen LogP contribution in [0.25, 0.3) is 28.7 Å². The lowest BCUT2D eigenvalue weighted by Crippen LogP contribution is -2.22. The smallest absolute Gasteiger partial charge is 0.266 e. The van der Waals surface area contributed by atoms with Gasteiger partial charge in [0.25, 0.3) is 5.56 Å². The molecule has 0 bridgehead atoms. The first-order valence-corrected chi connectivity index (χ1v) is 8.88. The van der Waals surface area contributed by atoms with E-state index in [2.05, 4.69) is 25.9 Å². The summed E-state index contributed by atoms with van der Waals surface area (Å²) >= 11 is 3.43. The van der Waals surface area contributed by atoms with Crippen molar-refractivity contribution in [3.05, 3.63) is 99.3 Å². The van der Waals surface area contributed by atoms with E-state index < -0.39 is 0 Å². The fourth-order valence-electron chi connectivity index (χ4n) is 2.74. The van der Waals surface area contributed by atoms with E-state index in [9.17, 15) is 4.79 Å². The van der Waals surface area contributed by atoms with Crippen LogP contribution < -0.4 is 5.56 Å². The maximum absolute atomic E-state index is 13.1. The predicted molar refractivity (Wildman–Crippen MR) is 108 cm³/mol. The molecular formula is C21H14BrN3O. The Morgan fingerprint density at radius 3 is 2.42 bits per heavy atom. The highest BCUT2D eigenvalue weighted by molar-refractivity contribution is 9.10. The molecule has 0 radical (unpaired) electrons. The molecule has 0 spiro atoms. The lowest BCUT2D eigenvalue weighted by atomic mass is 10.2. The van der Waals surface area contributed by atoms with E-state index in [0.29, 0.717) is 16.7 Å². The van der Waals surface area contributed by atoms with Gasteiger partial charge in [0.1, 0.15) is 5.82 Å². The summed E-state index contributed by atoms with van der Waals surface area (Å²) < 4.78 is 2.57. The van der Waals surface area contributed by atoms with E-state index in [-0.39, 0.29) is 5.56 Å². The van der Waals surface area contributed by atoms with Crippen molar-refractivity contribution < 1.29 is 0 Å². The maximum Gasteiger partial charge on any atom is 0.266 e. The molecule has 2 aromatic heterocycles. The average molecular weight is 404 g/mol. The van der Waals surface area contributed by atoms with E-state index >= 15 is 0 Å². The molecule has 4 nitrogen and oxygen atoms in total. The van der Waals surface area contributed by atoms with Crippen molar-refractivity contribution in [3.8, 4) is 5.69 Å². The van der Waals surface area contributed by atoms with Crippen LogP contribution in [0.3, 0.4) is 0 Å². The van der Waals surface area contributed by atoms with Gasteiger partial charge in [-0.15, -0.1) is 0 Å². The molecule has 26 heavy (non-hydrogen) atoms. The van der Waals surface area contributed by atoms with Crippen LogP contribution >= 0.6 is 15.9 Å². The number of halogens is 1. The number of nitrogens with zero attached hydrogens (tertiary/aromatic N) is 3. The summed E-state index contributed by atoms with van der Waals surface area (Å²) in [6, 6.07) is 20.6. The minimum atomic E-state index is -0.0985. The number of benzene rings is 2. The van der Waals surface area contributed by atoms with Crippen molar-refractivity contribution in [2.45, 2.75) is 0 Å². The zero-order valence-electron chi connectivity index (χ0n) is 13.7. The number of pyridine rings is 1. The van der Waals surface area contributed by atoms with Gasteiger partial charge in [0, 0.05) is 10.7 Å². The lowest BCUT2D eigenvalue weighted by Gasteiger charge is -2.11. The van der Waals surface area contributed by atoms with Crippen LogP contribution in [-0.4, -0.2) is 14.5 Å². The first-order chi connectivity index (χ1) is 12.7. The van der Waals surface area contributed by atoms with E-state index in [4.69, 9.17) is 0 Å². The predicted octanol–water partition coefficient (Wildman–Crippen LogP) is 4.71. The summed E-state index contributed by atoms with van der Waals surface area (Å²) in [4.78, 5) is 22.1. The molecule has 0 saturated heterocycles. The normalized spacial score (nSPS) is 11.3. The van der Waals surface area contributed by atoms with Crippen molar-refractivity contribution in [1.82, 2.24) is 14.5 Å². The molecule has 0 atom stereocenters. The number of hydrogen-bond donors (Lipinski definition) is 0. The largest absolute Gasteiger partial charge is 0.268 e. The van der Waals surface area contributed by atoms with Crippen LogP contribution in [0.15, 0.2) is 82.2 Å². The number of hydrogen-bond acceptors (Lipinski definition) is 3. The monoisotopic (exact) mass is 403 g/mol. The molecule has 4 rings (SSSR count). The Morgan fingerprint density at radius 2 is 1.65 bits per heavy atom. The number of para-hydroxylation sites is 1. The summed E-state index contributed by atoms with van der Waals surface area (Å²) in [6.07, 6.45) is 5.40. The van der Waals surface area contributed by atoms with Gasteiger partial charge in [0.15, 0.2) is 0 Å². The Balaban J connectivity index is 1.95. The molecule has 0 aliphatic rings. The van der Waals surface area contributed by atoms with Crippen LogP contribution in [0.4, 0.5) is 0 Å². The van der Waals surface area contributed by atoms with Gasteiger partial charge in [-0.05, 0) is 60.7 Å². The second-order valence-corrected chi connectivity index (χ2v) is 6.61. The van der Waals surface area contributed by atoms with Crippen LogP contribution in [0.2, 0.25) is 0 Å². The van der Waals surface area contributed by atoms with Crippen LogP contribution in [0, 0.1) is 0 Å². The van der Waals surface area contributed by atoms with E-state index in [1.165, 1.54) is 0 Å². The fraction of sp³-hybridized carbons (Fsp3) is 0. The van der Waals surface area contributed by atoms with E-state index in [0.717, 1.165) is 15.9 Å². The second kappa shape index (κ2) is 7.06. The second-order valence-electron chi connectivity index (χ2n) is 5.69. The fourth-order valence-corrected chi connectivity index (χ4v) is 3.00. The number of fused-ring (bicyclic) bond motifs is 1. The highest BCUT2D eigenvalue weighted by Crippen LogP contribution is 2.17. The maximum atomic E-state index is 13.1. The van der Waals surface area contributed by atoms with Crippen molar-refractivity contribution in [2.24, 2.45) is 0 Å². The molecule has 5 heteroatoms. The van der Waals surface area contributed by atoms with Crippen molar-refractivity contribution >= 4 is 39.0 Å². The summed E-state index contributed by atoms with van der Waals surface area (Å²) in [6.45, 7) is 0. The van der Waals surface area contributed by atoms with E-state index in [1.807, 2.05) is 72.8 Å². The van der Waals surface area contributed by atoms with Gasteiger partial charge in [0.2, 0.25) is 0 Å². The summed E-state index contributed by atoms with van der Waals surface area (Å²) in [5.41, 5.74) is 2.14. The van der Waals surface area contributed by atoms with Gasteiger partial charge in [-0.2, -0.15) is 0 Å². The van der Waals surface area contributed by atoms with Gasteiger partial charge < -0.3 is 0 Å². The standard InChI is InChI=1S/C21H14BrN3O/c22-15-8-11-17(12-9-15)25-20(13-10-16-5-3-4-14-23-16)24-19-7-2-1-6-18(19)21(25)26/h1-14H/b13-10+. The van der Waals surface area contributed by atoms with Crippen molar-refractivity contribution in [3.63, 3.8) is 0 Å². The molecule has 0 amide bonds. The Morgan fingerprint density at radius 1 is 0.885 bits per heavy atom. The zero-order chi connectivity index (χ0) is 17.9. The highest BCUT2D eigenvalue weighted by atomic mass is 79.9. The van der Waals surface area contributed by atoms with Gasteiger partial charge in [-0.1, -0.05) is 34.1 Å². The first kappa shape index (κ1) is 16.4. The molecule has 0 N–H and O–H groups in total. The highest BCUT2D eigenvalue weighted by Gasteiger charge is 2.10. The van der Waals surface area contributed by atoms with Crippen molar-refractivity contribution in [1.29, 1.82) is 0 Å². The molecule has 126 valence electrons. The summed E-state index contributed by atoms with van der Waals surface area (Å²) in [5.74, 6) is 0.557. The Hall–Kier alpha value is -3.05. The summed E-state index contributed by atoms with van der Waals surface area (Å²) in [7, 11) is 0. The van der Waals surface area contributed by atoms with Crippen LogP contribution in [0.1, 0.15) is 11.5 Å².